The van der Waals surface area contributed by atoms with Crippen LogP contribution in [0.5, 0.6) is 0 Å². The maximum Gasteiger partial charge on any atom is 0.256 e. The van der Waals surface area contributed by atoms with Gasteiger partial charge >= 0.3 is 0 Å². The van der Waals surface area contributed by atoms with Crippen molar-refractivity contribution in [3.63, 3.8) is 0 Å². The summed E-state index contributed by atoms with van der Waals surface area (Å²) < 4.78 is 0. The lowest BCUT2D eigenvalue weighted by Gasteiger charge is -2.31. The van der Waals surface area contributed by atoms with Crippen molar-refractivity contribution in [1.82, 2.24) is 4.90 Å². The molecule has 29 heavy (non-hydrogen) atoms. The summed E-state index contributed by atoms with van der Waals surface area (Å²) in [6.45, 7) is 0. The van der Waals surface area contributed by atoms with Crippen molar-refractivity contribution in [3.8, 4) is 0 Å². The van der Waals surface area contributed by atoms with Crippen molar-refractivity contribution in [2.75, 3.05) is 24.4 Å². The zero-order valence-electron chi connectivity index (χ0n) is 17.0. The molecule has 3 rings (SSSR count). The predicted molar refractivity (Wildman–Crippen MR) is 123 cm³/mol. The third-order valence-corrected chi connectivity index (χ3v) is 7.11. The van der Waals surface area contributed by atoms with Gasteiger partial charge < -0.3 is 10.2 Å². The number of rotatable bonds is 7. The minimum Gasteiger partial charge on any atom is -0.342 e. The van der Waals surface area contributed by atoms with Crippen molar-refractivity contribution in [3.05, 3.63) is 54.1 Å². The van der Waals surface area contributed by atoms with Crippen molar-refractivity contribution in [1.29, 1.82) is 0 Å². The maximum absolute atomic E-state index is 12.8. The van der Waals surface area contributed by atoms with Gasteiger partial charge in [-0.2, -0.15) is 0 Å². The van der Waals surface area contributed by atoms with Crippen molar-refractivity contribution in [2.24, 2.45) is 0 Å². The summed E-state index contributed by atoms with van der Waals surface area (Å²) in [6, 6.07) is 15.6. The summed E-state index contributed by atoms with van der Waals surface area (Å²) in [4.78, 5) is 29.3. The SMILES string of the molecule is CSc1cccc(NC(=O)c2ccccc2SCC(=O)N(C)C2CCCCC2)c1. The average molecular weight is 429 g/mol. The number of hydrogen-bond acceptors (Lipinski definition) is 4. The summed E-state index contributed by atoms with van der Waals surface area (Å²) in [6.07, 6.45) is 7.89. The number of nitrogens with zero attached hydrogens (tertiary/aromatic N) is 1. The van der Waals surface area contributed by atoms with Gasteiger partial charge in [0.05, 0.1) is 11.3 Å². The molecule has 0 unspecified atom stereocenters. The van der Waals surface area contributed by atoms with Crippen molar-refractivity contribution in [2.45, 2.75) is 47.9 Å². The molecule has 2 amide bonds. The Morgan fingerprint density at radius 1 is 1.07 bits per heavy atom. The molecule has 1 aliphatic carbocycles. The Kier molecular flexibility index (Phi) is 8.07. The highest BCUT2D eigenvalue weighted by Crippen LogP contribution is 2.27. The smallest absolute Gasteiger partial charge is 0.256 e. The summed E-state index contributed by atoms with van der Waals surface area (Å²) in [5.41, 5.74) is 1.37. The second-order valence-electron chi connectivity index (χ2n) is 7.27. The molecule has 1 aliphatic rings. The zero-order chi connectivity index (χ0) is 20.6. The first-order chi connectivity index (χ1) is 14.1. The first-order valence-electron chi connectivity index (χ1n) is 10.0. The van der Waals surface area contributed by atoms with Crippen molar-refractivity contribution >= 4 is 41.0 Å². The van der Waals surface area contributed by atoms with Crippen LogP contribution in [-0.2, 0) is 4.79 Å². The summed E-state index contributed by atoms with van der Waals surface area (Å²) in [5, 5.41) is 2.97. The molecule has 1 saturated carbocycles. The van der Waals surface area contributed by atoms with Gasteiger partial charge in [0.1, 0.15) is 0 Å². The standard InChI is InChI=1S/C23H28N2O2S2/c1-25(18-10-4-3-5-11-18)22(26)16-29-21-14-7-6-13-20(21)23(27)24-17-9-8-12-19(15-17)28-2/h6-9,12-15,18H,3-5,10-11,16H2,1-2H3,(H,24,27). The van der Waals surface area contributed by atoms with E-state index in [1.165, 1.54) is 31.0 Å². The van der Waals surface area contributed by atoms with Crippen LogP contribution in [0.4, 0.5) is 5.69 Å². The summed E-state index contributed by atoms with van der Waals surface area (Å²) in [5.74, 6) is 0.323. The van der Waals surface area contributed by atoms with Crippen LogP contribution in [0.2, 0.25) is 0 Å². The number of nitrogens with one attached hydrogen (secondary N) is 1. The van der Waals surface area contributed by atoms with E-state index in [2.05, 4.69) is 5.32 Å². The number of hydrogen-bond donors (Lipinski definition) is 1. The van der Waals surface area contributed by atoms with Crippen LogP contribution in [0.1, 0.15) is 42.5 Å². The number of carbonyl (C=O) groups excluding carboxylic acids is 2. The van der Waals surface area contributed by atoms with E-state index < -0.39 is 0 Å². The van der Waals surface area contributed by atoms with Gasteiger partial charge in [-0.1, -0.05) is 37.5 Å². The number of thioether (sulfide) groups is 2. The van der Waals surface area contributed by atoms with E-state index in [1.807, 2.05) is 66.7 Å². The average Bonchev–Trinajstić information content (AvgIpc) is 2.77. The van der Waals surface area contributed by atoms with Gasteiger partial charge in [0.15, 0.2) is 0 Å². The molecule has 0 atom stereocenters. The molecule has 0 bridgehead atoms. The topological polar surface area (TPSA) is 49.4 Å². The lowest BCUT2D eigenvalue weighted by atomic mass is 9.94. The molecule has 1 N–H and O–H groups in total. The molecule has 2 aromatic carbocycles. The molecular formula is C23H28N2O2S2. The minimum atomic E-state index is -0.153. The second kappa shape index (κ2) is 10.7. The quantitative estimate of drug-likeness (QED) is 0.588. The van der Waals surface area contributed by atoms with Gasteiger partial charge in [-0.3, -0.25) is 9.59 Å². The van der Waals surface area contributed by atoms with E-state index >= 15 is 0 Å². The predicted octanol–water partition coefficient (Wildman–Crippen LogP) is 5.54. The van der Waals surface area contributed by atoms with Crippen LogP contribution in [0.15, 0.2) is 58.3 Å². The fourth-order valence-corrected chi connectivity index (χ4v) is 5.03. The van der Waals surface area contributed by atoms with E-state index in [9.17, 15) is 9.59 Å². The first-order valence-corrected chi connectivity index (χ1v) is 12.2. The van der Waals surface area contributed by atoms with Crippen LogP contribution in [0.3, 0.4) is 0 Å². The van der Waals surface area contributed by atoms with E-state index in [0.29, 0.717) is 17.4 Å². The minimum absolute atomic E-state index is 0.129. The Balaban J connectivity index is 1.63. The summed E-state index contributed by atoms with van der Waals surface area (Å²) >= 11 is 3.07. The van der Waals surface area contributed by atoms with Crippen LogP contribution < -0.4 is 5.32 Å². The molecule has 0 saturated heterocycles. The Hall–Kier alpha value is -1.92. The number of anilines is 1. The molecule has 0 radical (unpaired) electrons. The molecule has 0 heterocycles. The van der Waals surface area contributed by atoms with Gasteiger partial charge in [0.25, 0.3) is 5.91 Å². The van der Waals surface area contributed by atoms with Gasteiger partial charge in [0, 0.05) is 28.6 Å². The molecule has 2 aromatic rings. The number of benzene rings is 2. The lowest BCUT2D eigenvalue weighted by molar-refractivity contribution is -0.129. The van der Waals surface area contributed by atoms with Crippen LogP contribution in [0.25, 0.3) is 0 Å². The Morgan fingerprint density at radius 2 is 1.83 bits per heavy atom. The molecule has 0 spiro atoms. The highest BCUT2D eigenvalue weighted by molar-refractivity contribution is 8.00. The van der Waals surface area contributed by atoms with E-state index in [1.54, 1.807) is 11.8 Å². The first kappa shape index (κ1) is 21.8. The molecule has 0 aliphatic heterocycles. The van der Waals surface area contributed by atoms with Gasteiger partial charge in [-0.25, -0.2) is 0 Å². The van der Waals surface area contributed by atoms with Gasteiger partial charge in [0.2, 0.25) is 5.91 Å². The van der Waals surface area contributed by atoms with Crippen molar-refractivity contribution < 1.29 is 9.59 Å². The highest BCUT2D eigenvalue weighted by Gasteiger charge is 2.22. The zero-order valence-corrected chi connectivity index (χ0v) is 18.7. The molecule has 1 fully saturated rings. The van der Waals surface area contributed by atoms with Gasteiger partial charge in [-0.05, 0) is 49.4 Å². The monoisotopic (exact) mass is 428 g/mol. The fraction of sp³-hybridized carbons (Fsp3) is 0.391. The highest BCUT2D eigenvalue weighted by atomic mass is 32.2. The second-order valence-corrected chi connectivity index (χ2v) is 9.16. The molecule has 0 aromatic heterocycles. The van der Waals surface area contributed by atoms with E-state index in [0.717, 1.165) is 28.3 Å². The Morgan fingerprint density at radius 3 is 2.59 bits per heavy atom. The van der Waals surface area contributed by atoms with Crippen LogP contribution >= 0.6 is 23.5 Å². The van der Waals surface area contributed by atoms with Crippen LogP contribution in [0, 0.1) is 0 Å². The molecule has 154 valence electrons. The number of carbonyl (C=O) groups is 2. The third-order valence-electron chi connectivity index (χ3n) is 5.33. The van der Waals surface area contributed by atoms with Gasteiger partial charge in [-0.15, -0.1) is 23.5 Å². The maximum atomic E-state index is 12.8. The summed E-state index contributed by atoms with van der Waals surface area (Å²) in [7, 11) is 1.91. The molecule has 4 nitrogen and oxygen atoms in total. The lowest BCUT2D eigenvalue weighted by Crippen LogP contribution is -2.39. The Bertz CT molecular complexity index is 850. The number of amides is 2. The normalized spacial score (nSPS) is 14.4. The molecule has 6 heteroatoms. The molecular weight excluding hydrogens is 400 g/mol. The Labute approximate surface area is 181 Å². The van der Waals surface area contributed by atoms with Crippen LogP contribution in [-0.4, -0.2) is 41.8 Å². The van der Waals surface area contributed by atoms with E-state index in [4.69, 9.17) is 0 Å². The largest absolute Gasteiger partial charge is 0.342 e. The fourth-order valence-electron chi connectivity index (χ4n) is 3.59. The third kappa shape index (κ3) is 6.03. The van der Waals surface area contributed by atoms with E-state index in [-0.39, 0.29) is 11.8 Å².